The Hall–Kier alpha value is -3.15. The number of pyridine rings is 1. The fourth-order valence-electron chi connectivity index (χ4n) is 3.67. The average molecular weight is 407 g/mol. The van der Waals surface area contributed by atoms with E-state index in [2.05, 4.69) is 15.2 Å². The number of nitrogens with one attached hydrogen (secondary N) is 1. The minimum absolute atomic E-state index is 0.0264. The molecule has 1 N–H and O–H groups in total. The highest BCUT2D eigenvalue weighted by Crippen LogP contribution is 2.22. The standard InChI is InChI=1S/C24H30N4O2/c1-2-27(19-21-13-16-28(17-14-21)22-10-6-7-15-25-22)24(30)18-26-23(29)12-11-20-8-4-3-5-9-20/h3-12,15,21H,2,13-14,16-19H2,1H3,(H,26,29)/b12-11+. The molecule has 0 saturated carbocycles. The zero-order valence-corrected chi connectivity index (χ0v) is 17.5. The Labute approximate surface area is 178 Å². The number of likely N-dealkylation sites (N-methyl/N-ethyl adjacent to an activating group) is 1. The first kappa shape index (κ1) is 21.6. The summed E-state index contributed by atoms with van der Waals surface area (Å²) in [5.74, 6) is 1.20. The van der Waals surface area contributed by atoms with E-state index in [4.69, 9.17) is 0 Å². The van der Waals surface area contributed by atoms with E-state index < -0.39 is 0 Å². The quantitative estimate of drug-likeness (QED) is 0.685. The van der Waals surface area contributed by atoms with Gasteiger partial charge < -0.3 is 15.1 Å². The highest BCUT2D eigenvalue weighted by Gasteiger charge is 2.23. The number of piperidine rings is 1. The van der Waals surface area contributed by atoms with Crippen LogP contribution in [0.25, 0.3) is 6.08 Å². The summed E-state index contributed by atoms with van der Waals surface area (Å²) in [6.07, 6.45) is 7.10. The lowest BCUT2D eigenvalue weighted by Gasteiger charge is -2.35. The largest absolute Gasteiger partial charge is 0.357 e. The molecule has 0 bridgehead atoms. The molecule has 2 amide bonds. The number of rotatable bonds is 8. The van der Waals surface area contributed by atoms with Crippen LogP contribution in [-0.4, -0.2) is 54.4 Å². The summed E-state index contributed by atoms with van der Waals surface area (Å²) in [4.78, 5) is 33.2. The molecule has 1 fully saturated rings. The maximum absolute atomic E-state index is 12.6. The number of hydrogen-bond donors (Lipinski definition) is 1. The Kier molecular flexibility index (Phi) is 8.01. The van der Waals surface area contributed by atoms with Gasteiger partial charge in [0.1, 0.15) is 5.82 Å². The van der Waals surface area contributed by atoms with Crippen LogP contribution in [0.5, 0.6) is 0 Å². The van der Waals surface area contributed by atoms with Gasteiger partial charge in [-0.3, -0.25) is 9.59 Å². The number of anilines is 1. The van der Waals surface area contributed by atoms with E-state index >= 15 is 0 Å². The summed E-state index contributed by atoms with van der Waals surface area (Å²) in [5, 5.41) is 2.70. The van der Waals surface area contributed by atoms with Crippen molar-refractivity contribution >= 4 is 23.7 Å². The van der Waals surface area contributed by atoms with E-state index in [1.54, 1.807) is 6.08 Å². The second kappa shape index (κ2) is 11.1. The lowest BCUT2D eigenvalue weighted by Crippen LogP contribution is -2.44. The second-order valence-corrected chi connectivity index (χ2v) is 7.51. The van der Waals surface area contributed by atoms with E-state index in [-0.39, 0.29) is 18.4 Å². The Bertz CT molecular complexity index is 831. The van der Waals surface area contributed by atoms with Crippen molar-refractivity contribution < 1.29 is 9.59 Å². The molecule has 2 aromatic rings. The molecule has 6 nitrogen and oxygen atoms in total. The fourth-order valence-corrected chi connectivity index (χ4v) is 3.67. The normalized spacial score (nSPS) is 14.6. The molecule has 6 heteroatoms. The third-order valence-corrected chi connectivity index (χ3v) is 5.44. The number of aromatic nitrogens is 1. The monoisotopic (exact) mass is 406 g/mol. The van der Waals surface area contributed by atoms with Gasteiger partial charge in [-0.1, -0.05) is 36.4 Å². The lowest BCUT2D eigenvalue weighted by atomic mass is 9.96. The Morgan fingerprint density at radius 2 is 1.87 bits per heavy atom. The molecule has 0 unspecified atom stereocenters. The van der Waals surface area contributed by atoms with Crippen LogP contribution in [0.1, 0.15) is 25.3 Å². The number of carbonyl (C=O) groups is 2. The summed E-state index contributed by atoms with van der Waals surface area (Å²) in [6, 6.07) is 15.6. The van der Waals surface area contributed by atoms with E-state index in [1.165, 1.54) is 6.08 Å². The Balaban J connectivity index is 1.41. The molecule has 1 aromatic heterocycles. The van der Waals surface area contributed by atoms with Gasteiger partial charge in [-0.15, -0.1) is 0 Å². The Morgan fingerprint density at radius 1 is 1.13 bits per heavy atom. The predicted molar refractivity (Wildman–Crippen MR) is 120 cm³/mol. The Morgan fingerprint density at radius 3 is 2.53 bits per heavy atom. The van der Waals surface area contributed by atoms with Crippen molar-refractivity contribution in [2.75, 3.05) is 37.6 Å². The first-order valence-corrected chi connectivity index (χ1v) is 10.6. The first-order valence-electron chi connectivity index (χ1n) is 10.6. The third-order valence-electron chi connectivity index (χ3n) is 5.44. The molecule has 0 aliphatic carbocycles. The van der Waals surface area contributed by atoms with Crippen molar-refractivity contribution in [2.45, 2.75) is 19.8 Å². The van der Waals surface area contributed by atoms with Crippen molar-refractivity contribution in [1.82, 2.24) is 15.2 Å². The van der Waals surface area contributed by atoms with Gasteiger partial charge in [0.15, 0.2) is 0 Å². The van der Waals surface area contributed by atoms with Crippen molar-refractivity contribution in [3.05, 3.63) is 66.4 Å². The molecular weight excluding hydrogens is 376 g/mol. The number of nitrogens with zero attached hydrogens (tertiary/aromatic N) is 3. The lowest BCUT2D eigenvalue weighted by molar-refractivity contribution is -0.132. The van der Waals surface area contributed by atoms with Gasteiger partial charge in [0.25, 0.3) is 0 Å². The molecule has 0 spiro atoms. The van der Waals surface area contributed by atoms with Crippen LogP contribution in [0.3, 0.4) is 0 Å². The third kappa shape index (κ3) is 6.44. The maximum atomic E-state index is 12.6. The van der Waals surface area contributed by atoms with Crippen LogP contribution in [0.15, 0.2) is 60.8 Å². The van der Waals surface area contributed by atoms with Crippen LogP contribution >= 0.6 is 0 Å². The van der Waals surface area contributed by atoms with Gasteiger partial charge in [0, 0.05) is 38.5 Å². The SMILES string of the molecule is CCN(CC1CCN(c2ccccn2)CC1)C(=O)CNC(=O)/C=C/c1ccccc1. The van der Waals surface area contributed by atoms with E-state index in [1.807, 2.05) is 66.6 Å². The number of carbonyl (C=O) groups excluding carboxylic acids is 2. The predicted octanol–water partition coefficient (Wildman–Crippen LogP) is 2.98. The van der Waals surface area contributed by atoms with Crippen molar-refractivity contribution in [3.8, 4) is 0 Å². The molecular formula is C24H30N4O2. The number of amides is 2. The summed E-state index contributed by atoms with van der Waals surface area (Å²) in [5.41, 5.74) is 0.950. The van der Waals surface area contributed by atoms with E-state index in [0.717, 1.165) is 43.9 Å². The average Bonchev–Trinajstić information content (AvgIpc) is 2.81. The molecule has 1 aliphatic rings. The number of hydrogen-bond acceptors (Lipinski definition) is 4. The number of benzene rings is 1. The highest BCUT2D eigenvalue weighted by molar-refractivity contribution is 5.94. The molecule has 0 atom stereocenters. The molecule has 158 valence electrons. The minimum atomic E-state index is -0.257. The van der Waals surface area contributed by atoms with Gasteiger partial charge in [0.05, 0.1) is 6.54 Å². The molecule has 1 aromatic carbocycles. The van der Waals surface area contributed by atoms with Gasteiger partial charge in [0.2, 0.25) is 11.8 Å². The maximum Gasteiger partial charge on any atom is 0.244 e. The molecule has 3 rings (SSSR count). The zero-order valence-electron chi connectivity index (χ0n) is 17.5. The first-order chi connectivity index (χ1) is 14.7. The summed E-state index contributed by atoms with van der Waals surface area (Å²) in [7, 11) is 0. The topological polar surface area (TPSA) is 65.5 Å². The van der Waals surface area contributed by atoms with Crippen molar-refractivity contribution in [1.29, 1.82) is 0 Å². The minimum Gasteiger partial charge on any atom is -0.357 e. The van der Waals surface area contributed by atoms with Crippen LogP contribution < -0.4 is 10.2 Å². The van der Waals surface area contributed by atoms with Gasteiger partial charge in [-0.05, 0) is 49.5 Å². The van der Waals surface area contributed by atoms with Crippen LogP contribution in [0.2, 0.25) is 0 Å². The van der Waals surface area contributed by atoms with Crippen molar-refractivity contribution in [3.63, 3.8) is 0 Å². The van der Waals surface area contributed by atoms with Crippen LogP contribution in [0.4, 0.5) is 5.82 Å². The summed E-state index contributed by atoms with van der Waals surface area (Å²) >= 11 is 0. The van der Waals surface area contributed by atoms with Crippen molar-refractivity contribution in [2.24, 2.45) is 5.92 Å². The van der Waals surface area contributed by atoms with E-state index in [0.29, 0.717) is 12.5 Å². The molecule has 1 saturated heterocycles. The smallest absolute Gasteiger partial charge is 0.244 e. The van der Waals surface area contributed by atoms with Crippen LogP contribution in [-0.2, 0) is 9.59 Å². The van der Waals surface area contributed by atoms with Gasteiger partial charge in [-0.25, -0.2) is 4.98 Å². The zero-order chi connectivity index (χ0) is 21.2. The second-order valence-electron chi connectivity index (χ2n) is 7.51. The molecule has 1 aliphatic heterocycles. The molecule has 30 heavy (non-hydrogen) atoms. The highest BCUT2D eigenvalue weighted by atomic mass is 16.2. The van der Waals surface area contributed by atoms with Crippen LogP contribution in [0, 0.1) is 5.92 Å². The van der Waals surface area contributed by atoms with Gasteiger partial charge in [-0.2, -0.15) is 0 Å². The molecule has 2 heterocycles. The summed E-state index contributed by atoms with van der Waals surface area (Å²) in [6.45, 7) is 5.30. The molecule has 0 radical (unpaired) electrons. The summed E-state index contributed by atoms with van der Waals surface area (Å²) < 4.78 is 0. The van der Waals surface area contributed by atoms with Gasteiger partial charge >= 0.3 is 0 Å². The van der Waals surface area contributed by atoms with E-state index in [9.17, 15) is 9.59 Å². The fraction of sp³-hybridized carbons (Fsp3) is 0.375.